The zero-order valence-corrected chi connectivity index (χ0v) is 8.84. The Labute approximate surface area is 91.3 Å². The van der Waals surface area contributed by atoms with Crippen molar-refractivity contribution in [2.75, 3.05) is 6.61 Å². The second-order valence-electron chi connectivity index (χ2n) is 3.30. The lowest BCUT2D eigenvalue weighted by Crippen LogP contribution is -2.38. The Bertz CT molecular complexity index is 311. The Morgan fingerprint density at radius 2 is 2.00 bits per heavy atom. The van der Waals surface area contributed by atoms with Gasteiger partial charge in [-0.15, -0.1) is 0 Å². The largest absolute Gasteiger partial charge is 0.462 e. The van der Waals surface area contributed by atoms with Gasteiger partial charge in [-0.1, -0.05) is 0 Å². The second-order valence-corrected chi connectivity index (χ2v) is 3.30. The number of carbonyl (C=O) groups is 3. The van der Waals surface area contributed by atoms with Gasteiger partial charge in [-0.3, -0.25) is 9.59 Å². The minimum atomic E-state index is -1.54. The molecule has 0 unspecified atom stereocenters. The molecule has 0 aliphatic carbocycles. The summed E-state index contributed by atoms with van der Waals surface area (Å²) < 4.78 is 14.0. The molecule has 0 aromatic rings. The van der Waals surface area contributed by atoms with E-state index in [2.05, 4.69) is 4.74 Å². The summed E-state index contributed by atoms with van der Waals surface area (Å²) in [5.41, 5.74) is 0. The molecule has 0 saturated carbocycles. The topological polar surface area (TPSA) is 99.1 Å². The molecule has 0 aromatic carbocycles. The van der Waals surface area contributed by atoms with Gasteiger partial charge in [0.25, 0.3) is 0 Å². The van der Waals surface area contributed by atoms with E-state index in [-0.39, 0.29) is 6.61 Å². The minimum Gasteiger partial charge on any atom is -0.462 e. The number of hydrogen-bond donors (Lipinski definition) is 1. The van der Waals surface area contributed by atoms with Crippen LogP contribution in [0, 0.1) is 0 Å². The number of ether oxygens (including phenoxy) is 3. The minimum absolute atomic E-state index is 0.254. The maximum Gasteiger partial charge on any atom is 0.339 e. The molecule has 3 atom stereocenters. The number of carbonyl (C=O) groups excluding carboxylic acids is 3. The van der Waals surface area contributed by atoms with E-state index in [9.17, 15) is 19.5 Å². The smallest absolute Gasteiger partial charge is 0.339 e. The van der Waals surface area contributed by atoms with Crippen LogP contribution in [-0.2, 0) is 28.6 Å². The fourth-order valence-electron chi connectivity index (χ4n) is 1.28. The first kappa shape index (κ1) is 12.4. The van der Waals surface area contributed by atoms with Crippen molar-refractivity contribution in [1.82, 2.24) is 0 Å². The molecule has 1 heterocycles. The zero-order chi connectivity index (χ0) is 12.3. The van der Waals surface area contributed by atoms with Gasteiger partial charge in [-0.25, -0.2) is 4.79 Å². The lowest BCUT2D eigenvalue weighted by molar-refractivity contribution is -0.158. The van der Waals surface area contributed by atoms with Gasteiger partial charge >= 0.3 is 17.9 Å². The number of aliphatic hydroxyl groups is 1. The van der Waals surface area contributed by atoms with Gasteiger partial charge in [0, 0.05) is 13.8 Å². The van der Waals surface area contributed by atoms with Crippen LogP contribution in [0.5, 0.6) is 0 Å². The van der Waals surface area contributed by atoms with E-state index in [1.54, 1.807) is 0 Å². The van der Waals surface area contributed by atoms with Gasteiger partial charge in [0.1, 0.15) is 6.61 Å². The molecular formula is C9H12O7. The summed E-state index contributed by atoms with van der Waals surface area (Å²) in [6.45, 7) is 2.07. The van der Waals surface area contributed by atoms with E-state index in [0.717, 1.165) is 6.92 Å². The van der Waals surface area contributed by atoms with Crippen LogP contribution < -0.4 is 0 Å². The number of rotatable bonds is 3. The molecule has 16 heavy (non-hydrogen) atoms. The van der Waals surface area contributed by atoms with Crippen LogP contribution in [-0.4, -0.2) is 47.9 Å². The predicted octanol–water partition coefficient (Wildman–Crippen LogP) is -1.23. The van der Waals surface area contributed by atoms with E-state index in [1.165, 1.54) is 6.92 Å². The fraction of sp³-hybridized carbons (Fsp3) is 0.667. The molecular weight excluding hydrogens is 220 g/mol. The molecule has 1 N–H and O–H groups in total. The molecule has 0 aromatic heterocycles. The van der Waals surface area contributed by atoms with Crippen LogP contribution in [0.3, 0.4) is 0 Å². The van der Waals surface area contributed by atoms with E-state index >= 15 is 0 Å². The third-order valence-electron chi connectivity index (χ3n) is 1.94. The third kappa shape index (κ3) is 2.93. The summed E-state index contributed by atoms with van der Waals surface area (Å²) in [5, 5.41) is 9.35. The van der Waals surface area contributed by atoms with Gasteiger partial charge in [0.2, 0.25) is 0 Å². The predicted molar refractivity (Wildman–Crippen MR) is 48.1 cm³/mol. The number of aliphatic hydroxyl groups excluding tert-OH is 1. The second kappa shape index (κ2) is 4.93. The highest BCUT2D eigenvalue weighted by atomic mass is 16.6. The summed E-state index contributed by atoms with van der Waals surface area (Å²) >= 11 is 0. The molecule has 90 valence electrons. The third-order valence-corrected chi connectivity index (χ3v) is 1.94. The van der Waals surface area contributed by atoms with Crippen LogP contribution >= 0.6 is 0 Å². The van der Waals surface area contributed by atoms with Crippen molar-refractivity contribution in [3.63, 3.8) is 0 Å². The summed E-state index contributed by atoms with van der Waals surface area (Å²) in [7, 11) is 0. The molecule has 0 radical (unpaired) electrons. The van der Waals surface area contributed by atoms with Crippen LogP contribution in [0.2, 0.25) is 0 Å². The summed E-state index contributed by atoms with van der Waals surface area (Å²) in [6.07, 6.45) is -3.64. The number of cyclic esters (lactones) is 1. The maximum absolute atomic E-state index is 11.0. The maximum atomic E-state index is 11.0. The number of hydrogen-bond acceptors (Lipinski definition) is 7. The van der Waals surface area contributed by atoms with E-state index in [1.807, 2.05) is 0 Å². The molecule has 7 heteroatoms. The van der Waals surface area contributed by atoms with Crippen molar-refractivity contribution in [2.24, 2.45) is 0 Å². The first-order valence-electron chi connectivity index (χ1n) is 4.61. The first-order chi connectivity index (χ1) is 7.41. The number of esters is 3. The zero-order valence-electron chi connectivity index (χ0n) is 8.84. The average Bonchev–Trinajstić information content (AvgIpc) is 2.42. The van der Waals surface area contributed by atoms with Gasteiger partial charge in [-0.2, -0.15) is 0 Å². The van der Waals surface area contributed by atoms with Gasteiger partial charge in [0.15, 0.2) is 18.3 Å². The van der Waals surface area contributed by atoms with Crippen molar-refractivity contribution in [3.8, 4) is 0 Å². The fourth-order valence-corrected chi connectivity index (χ4v) is 1.28. The molecule has 0 spiro atoms. The Balaban J connectivity index is 2.62. The highest BCUT2D eigenvalue weighted by molar-refractivity contribution is 5.79. The quantitative estimate of drug-likeness (QED) is 0.480. The van der Waals surface area contributed by atoms with Gasteiger partial charge < -0.3 is 19.3 Å². The normalized spacial score (nSPS) is 28.4. The molecule has 1 aliphatic rings. The van der Waals surface area contributed by atoms with Gasteiger partial charge in [-0.05, 0) is 0 Å². The highest BCUT2D eigenvalue weighted by Gasteiger charge is 2.46. The van der Waals surface area contributed by atoms with Crippen molar-refractivity contribution >= 4 is 17.9 Å². The van der Waals surface area contributed by atoms with Crippen LogP contribution in [0.15, 0.2) is 0 Å². The Morgan fingerprint density at radius 1 is 1.38 bits per heavy atom. The Morgan fingerprint density at radius 3 is 2.50 bits per heavy atom. The Hall–Kier alpha value is -1.63. The average molecular weight is 232 g/mol. The van der Waals surface area contributed by atoms with E-state index < -0.39 is 36.2 Å². The van der Waals surface area contributed by atoms with Gasteiger partial charge in [0.05, 0.1) is 0 Å². The highest BCUT2D eigenvalue weighted by Crippen LogP contribution is 2.19. The lowest BCUT2D eigenvalue weighted by Gasteiger charge is -2.17. The molecule has 7 nitrogen and oxygen atoms in total. The van der Waals surface area contributed by atoms with Crippen molar-refractivity contribution in [3.05, 3.63) is 0 Å². The lowest BCUT2D eigenvalue weighted by atomic mass is 10.1. The van der Waals surface area contributed by atoms with Crippen molar-refractivity contribution in [2.45, 2.75) is 32.2 Å². The van der Waals surface area contributed by atoms with Crippen LogP contribution in [0.1, 0.15) is 13.8 Å². The van der Waals surface area contributed by atoms with E-state index in [4.69, 9.17) is 9.47 Å². The molecule has 0 amide bonds. The van der Waals surface area contributed by atoms with Crippen molar-refractivity contribution in [1.29, 1.82) is 0 Å². The summed E-state index contributed by atoms with van der Waals surface area (Å²) in [5.74, 6) is -2.11. The van der Waals surface area contributed by atoms with Crippen LogP contribution in [0.4, 0.5) is 0 Å². The molecule has 0 bridgehead atoms. The first-order valence-corrected chi connectivity index (χ1v) is 4.61. The standard InChI is InChI=1S/C9H12O7/c1-4(10)14-3-6-8(15-5(2)11)7(12)9(13)16-6/h6-8,12H,3H2,1-2H3/t6-,7-,8-/m1/s1. The monoisotopic (exact) mass is 232 g/mol. The van der Waals surface area contributed by atoms with Crippen LogP contribution in [0.25, 0.3) is 0 Å². The summed E-state index contributed by atoms with van der Waals surface area (Å²) in [6, 6.07) is 0. The SMILES string of the molecule is CC(=O)OC[C@H]1OC(=O)[C@H](O)[C@@H]1OC(C)=O. The van der Waals surface area contributed by atoms with Crippen molar-refractivity contribution < 1.29 is 33.7 Å². The molecule has 1 saturated heterocycles. The molecule has 1 aliphatic heterocycles. The molecule has 1 fully saturated rings. The van der Waals surface area contributed by atoms with E-state index in [0.29, 0.717) is 0 Å². The summed E-state index contributed by atoms with van der Waals surface area (Å²) in [4.78, 5) is 32.3. The Kier molecular flexibility index (Phi) is 3.83. The molecule has 1 rings (SSSR count).